The van der Waals surface area contributed by atoms with Crippen molar-refractivity contribution in [2.24, 2.45) is 7.05 Å². The van der Waals surface area contributed by atoms with Crippen molar-refractivity contribution in [3.05, 3.63) is 58.6 Å². The summed E-state index contributed by atoms with van der Waals surface area (Å²) in [5.41, 5.74) is 5.16. The molecule has 0 aliphatic rings. The van der Waals surface area contributed by atoms with Crippen molar-refractivity contribution in [2.45, 2.75) is 39.5 Å². The molecule has 0 N–H and O–H groups in total. The fraction of sp³-hybridized carbons (Fsp3) is 0.375. The Morgan fingerprint density at radius 2 is 1.63 bits per heavy atom. The molecule has 0 aliphatic heterocycles. The molecule has 142 valence electrons. The van der Waals surface area contributed by atoms with Crippen LogP contribution in [0.4, 0.5) is 0 Å². The lowest BCUT2D eigenvalue weighted by molar-refractivity contribution is -0.524. The Labute approximate surface area is 171 Å². The largest absolute Gasteiger partial charge is 0.343 e. The highest BCUT2D eigenvalue weighted by molar-refractivity contribution is 9.10. The van der Waals surface area contributed by atoms with Gasteiger partial charge in [0.25, 0.3) is 0 Å². The predicted molar refractivity (Wildman–Crippen MR) is 121 cm³/mol. The maximum absolute atomic E-state index is 3.67. The number of hydrogen-bond acceptors (Lipinski definition) is 0. The van der Waals surface area contributed by atoms with Crippen molar-refractivity contribution >= 4 is 33.0 Å². The van der Waals surface area contributed by atoms with Crippen molar-refractivity contribution in [3.8, 4) is 11.3 Å². The summed E-state index contributed by atoms with van der Waals surface area (Å²) in [7, 11) is 2.18. The molecule has 0 saturated carbocycles. The smallest absolute Gasteiger partial charge is 0.173 e. The summed E-state index contributed by atoms with van der Waals surface area (Å²) in [4.78, 5) is 0. The lowest BCUT2D eigenvalue weighted by Crippen LogP contribution is -2.17. The number of unbranched alkanes of at least 4 members (excludes halogenated alkanes) is 2. The van der Waals surface area contributed by atoms with Gasteiger partial charge in [-0.05, 0) is 23.8 Å². The number of nitrogens with zero attached hydrogens (tertiary/aromatic N) is 2. The molecule has 27 heavy (non-hydrogen) atoms. The molecule has 1 aromatic heterocycles. The molecule has 0 aliphatic carbocycles. The fourth-order valence-electron chi connectivity index (χ4n) is 3.67. The summed E-state index contributed by atoms with van der Waals surface area (Å²) in [6.45, 7) is 6.77. The van der Waals surface area contributed by atoms with Gasteiger partial charge in [-0.25, -0.2) is 4.58 Å². The van der Waals surface area contributed by atoms with Crippen LogP contribution in [0.3, 0.4) is 0 Å². The minimum absolute atomic E-state index is 1.12. The van der Waals surface area contributed by atoms with Crippen LogP contribution >= 0.6 is 15.9 Å². The number of hydrogen-bond donors (Lipinski definition) is 0. The molecule has 0 fully saturated rings. The fourth-order valence-corrected chi connectivity index (χ4v) is 4.03. The van der Waals surface area contributed by atoms with Crippen molar-refractivity contribution in [3.63, 3.8) is 0 Å². The predicted octanol–water partition coefficient (Wildman–Crippen LogP) is 6.64. The summed E-state index contributed by atoms with van der Waals surface area (Å²) in [6.07, 6.45) is 7.32. The highest BCUT2D eigenvalue weighted by atomic mass is 79.9. The summed E-state index contributed by atoms with van der Waals surface area (Å²) in [5.74, 6) is 0. The van der Waals surface area contributed by atoms with Gasteiger partial charge >= 0.3 is 0 Å². The average Bonchev–Trinajstić information content (AvgIpc) is 2.95. The van der Waals surface area contributed by atoms with Gasteiger partial charge < -0.3 is 4.57 Å². The molecule has 3 heteroatoms. The maximum atomic E-state index is 3.67. The average molecular weight is 426 g/mol. The van der Waals surface area contributed by atoms with Gasteiger partial charge in [0.1, 0.15) is 13.1 Å². The van der Waals surface area contributed by atoms with E-state index in [1.165, 1.54) is 53.4 Å². The van der Waals surface area contributed by atoms with Gasteiger partial charge in [-0.15, -0.1) is 0 Å². The van der Waals surface area contributed by atoms with E-state index in [1.54, 1.807) is 0 Å². The number of rotatable bonds is 8. The molecule has 3 aromatic rings. The van der Waals surface area contributed by atoms with Gasteiger partial charge in [0.05, 0.1) is 11.3 Å². The van der Waals surface area contributed by atoms with Crippen LogP contribution in [0.25, 0.3) is 22.2 Å². The van der Waals surface area contributed by atoms with Gasteiger partial charge in [-0.2, -0.15) is 0 Å². The first-order valence-corrected chi connectivity index (χ1v) is 10.9. The number of benzene rings is 2. The van der Waals surface area contributed by atoms with Crippen molar-refractivity contribution < 1.29 is 4.58 Å². The van der Waals surface area contributed by atoms with Gasteiger partial charge in [0, 0.05) is 35.3 Å². The quantitative estimate of drug-likeness (QED) is 0.282. The molecule has 0 spiro atoms. The van der Waals surface area contributed by atoms with Crippen molar-refractivity contribution in [2.75, 3.05) is 13.1 Å². The third-order valence-corrected chi connectivity index (χ3v) is 5.65. The molecule has 2 aromatic carbocycles. The second kappa shape index (κ2) is 9.36. The number of aromatic nitrogens is 1. The Morgan fingerprint density at radius 1 is 0.963 bits per heavy atom. The van der Waals surface area contributed by atoms with Crippen LogP contribution in [0.1, 0.15) is 45.1 Å². The zero-order valence-corrected chi connectivity index (χ0v) is 18.3. The van der Waals surface area contributed by atoms with Crippen LogP contribution in [0.5, 0.6) is 0 Å². The highest BCUT2D eigenvalue weighted by Crippen LogP contribution is 2.33. The minimum atomic E-state index is 1.12. The molecule has 3 rings (SSSR count). The molecular weight excluding hydrogens is 396 g/mol. The molecule has 2 nitrogen and oxygen atoms in total. The topological polar surface area (TPSA) is 7.94 Å². The maximum Gasteiger partial charge on any atom is 0.173 e. The van der Waals surface area contributed by atoms with Crippen LogP contribution in [0, 0.1) is 0 Å². The molecule has 1 heterocycles. The first kappa shape index (κ1) is 19.9. The Bertz CT molecular complexity index is 912. The van der Waals surface area contributed by atoms with E-state index in [1.807, 2.05) is 0 Å². The molecule has 0 radical (unpaired) electrons. The highest BCUT2D eigenvalue weighted by Gasteiger charge is 2.19. The summed E-state index contributed by atoms with van der Waals surface area (Å²) in [6, 6.07) is 17.4. The minimum Gasteiger partial charge on any atom is -0.343 e. The van der Waals surface area contributed by atoms with E-state index in [-0.39, 0.29) is 0 Å². The van der Waals surface area contributed by atoms with Crippen molar-refractivity contribution in [1.82, 2.24) is 4.57 Å². The van der Waals surface area contributed by atoms with Gasteiger partial charge in [-0.3, -0.25) is 0 Å². The van der Waals surface area contributed by atoms with Crippen LogP contribution in [-0.4, -0.2) is 28.4 Å². The van der Waals surface area contributed by atoms with E-state index in [0.29, 0.717) is 0 Å². The van der Waals surface area contributed by atoms with E-state index >= 15 is 0 Å². The Hall–Kier alpha value is -1.87. The van der Waals surface area contributed by atoms with E-state index in [2.05, 4.69) is 101 Å². The van der Waals surface area contributed by atoms with Gasteiger partial charge in [0.15, 0.2) is 6.21 Å². The zero-order valence-electron chi connectivity index (χ0n) is 16.7. The normalized spacial score (nSPS) is 11.1. The standard InChI is InChI=1S/C24H30BrN2/c1-4-6-15-27(16-7-5-2)18-22-21-17-20(25)13-14-23(21)26(3)24(22)19-11-9-8-10-12-19/h8-14,17-18H,4-7,15-16H2,1-3H3/q+1. The molecule has 0 atom stereocenters. The second-order valence-electron chi connectivity index (χ2n) is 7.22. The second-order valence-corrected chi connectivity index (χ2v) is 8.14. The number of aryl methyl sites for hydroxylation is 1. The van der Waals surface area contributed by atoms with Crippen LogP contribution in [-0.2, 0) is 7.05 Å². The first-order chi connectivity index (χ1) is 13.2. The third-order valence-electron chi connectivity index (χ3n) is 5.16. The van der Waals surface area contributed by atoms with E-state index in [0.717, 1.165) is 17.6 Å². The van der Waals surface area contributed by atoms with Crippen LogP contribution < -0.4 is 0 Å². The third kappa shape index (κ3) is 4.52. The Morgan fingerprint density at radius 3 is 2.26 bits per heavy atom. The summed E-state index contributed by atoms with van der Waals surface area (Å²) >= 11 is 3.67. The van der Waals surface area contributed by atoms with Gasteiger partial charge in [-0.1, -0.05) is 73.0 Å². The monoisotopic (exact) mass is 425 g/mol. The Kier molecular flexibility index (Phi) is 6.89. The Balaban J connectivity index is 2.22. The van der Waals surface area contributed by atoms with E-state index in [9.17, 15) is 0 Å². The molecule has 0 amide bonds. The van der Waals surface area contributed by atoms with Crippen LogP contribution in [0.2, 0.25) is 0 Å². The summed E-state index contributed by atoms with van der Waals surface area (Å²) in [5, 5.41) is 1.31. The first-order valence-electron chi connectivity index (χ1n) is 10.1. The van der Waals surface area contributed by atoms with E-state index in [4.69, 9.17) is 0 Å². The lowest BCUT2D eigenvalue weighted by atomic mass is 10.1. The summed E-state index contributed by atoms with van der Waals surface area (Å²) < 4.78 is 5.99. The number of fused-ring (bicyclic) bond motifs is 1. The van der Waals surface area contributed by atoms with E-state index < -0.39 is 0 Å². The van der Waals surface area contributed by atoms with Crippen LogP contribution in [0.15, 0.2) is 53.0 Å². The number of halogens is 1. The van der Waals surface area contributed by atoms with Crippen molar-refractivity contribution in [1.29, 1.82) is 0 Å². The SMILES string of the molecule is CCCC[N+](=Cc1c(-c2ccccc2)n(C)c2ccc(Br)cc12)CCCC. The lowest BCUT2D eigenvalue weighted by Gasteiger charge is -2.07. The molecule has 0 saturated heterocycles. The zero-order chi connectivity index (χ0) is 19.2. The molecule has 0 unspecified atom stereocenters. The van der Waals surface area contributed by atoms with Gasteiger partial charge in [0.2, 0.25) is 0 Å². The molecule has 0 bridgehead atoms. The molecular formula is C24H30BrN2+.